The van der Waals surface area contributed by atoms with Crippen LogP contribution in [0.4, 0.5) is 5.69 Å². The summed E-state index contributed by atoms with van der Waals surface area (Å²) in [5, 5.41) is 0.0245. The number of esters is 1. The minimum Gasteiger partial charge on any atom is -0.462 e. The minimum atomic E-state index is -3.90. The van der Waals surface area contributed by atoms with E-state index in [0.717, 1.165) is 0 Å². The van der Waals surface area contributed by atoms with Crippen molar-refractivity contribution in [1.29, 1.82) is 0 Å². The Morgan fingerprint density at radius 3 is 2.50 bits per heavy atom. The first-order chi connectivity index (χ1) is 10.4. The van der Waals surface area contributed by atoms with Crippen LogP contribution in [-0.2, 0) is 14.8 Å². The van der Waals surface area contributed by atoms with Crippen LogP contribution in [0, 0.1) is 0 Å². The van der Waals surface area contributed by atoms with E-state index in [1.54, 1.807) is 37.3 Å². The van der Waals surface area contributed by atoms with E-state index >= 15 is 0 Å². The number of benzene rings is 2. The molecule has 2 aromatic rings. The van der Waals surface area contributed by atoms with E-state index in [-0.39, 0.29) is 22.1 Å². The summed E-state index contributed by atoms with van der Waals surface area (Å²) < 4.78 is 32.1. The summed E-state index contributed by atoms with van der Waals surface area (Å²) in [4.78, 5) is 11.5. The molecule has 2 aromatic carbocycles. The molecule has 7 heteroatoms. The Hall–Kier alpha value is -2.05. The minimum absolute atomic E-state index is 0.0245. The highest BCUT2D eigenvalue weighted by Crippen LogP contribution is 2.25. The molecule has 0 amide bonds. The van der Waals surface area contributed by atoms with E-state index in [4.69, 9.17) is 16.3 Å². The number of hydrogen-bond donors (Lipinski definition) is 1. The van der Waals surface area contributed by atoms with Gasteiger partial charge in [0.05, 0.1) is 17.2 Å². The number of halogens is 1. The Balaban J connectivity index is 2.38. The van der Waals surface area contributed by atoms with Crippen LogP contribution >= 0.6 is 11.6 Å². The number of carbonyl (C=O) groups excluding carboxylic acids is 1. The van der Waals surface area contributed by atoms with E-state index in [1.807, 2.05) is 0 Å². The molecule has 0 radical (unpaired) electrons. The molecule has 0 heterocycles. The third-order valence-corrected chi connectivity index (χ3v) is 4.62. The second-order valence-corrected chi connectivity index (χ2v) is 6.40. The van der Waals surface area contributed by atoms with Crippen molar-refractivity contribution >= 4 is 33.3 Å². The fourth-order valence-electron chi connectivity index (χ4n) is 1.77. The zero-order chi connectivity index (χ0) is 16.2. The molecule has 0 aliphatic heterocycles. The SMILES string of the molecule is CCOC(=O)c1ccc(Cl)c(S(=O)(=O)Nc2ccccc2)c1. The number of ether oxygens (including phenoxy) is 1. The first-order valence-electron chi connectivity index (χ1n) is 6.48. The molecule has 0 saturated carbocycles. The Kier molecular flexibility index (Phi) is 5.05. The van der Waals surface area contributed by atoms with Crippen molar-refractivity contribution < 1.29 is 17.9 Å². The molecule has 5 nitrogen and oxygen atoms in total. The highest BCUT2D eigenvalue weighted by Gasteiger charge is 2.20. The van der Waals surface area contributed by atoms with Gasteiger partial charge in [-0.3, -0.25) is 4.72 Å². The Bertz CT molecular complexity index is 775. The fraction of sp³-hybridized carbons (Fsp3) is 0.133. The third kappa shape index (κ3) is 3.78. The summed E-state index contributed by atoms with van der Waals surface area (Å²) in [5.41, 5.74) is 0.528. The summed E-state index contributed by atoms with van der Waals surface area (Å²) in [6.07, 6.45) is 0. The topological polar surface area (TPSA) is 72.5 Å². The van der Waals surface area contributed by atoms with E-state index < -0.39 is 16.0 Å². The Labute approximate surface area is 133 Å². The summed E-state index contributed by atoms with van der Waals surface area (Å²) in [5.74, 6) is -0.602. The van der Waals surface area contributed by atoms with Gasteiger partial charge in [0.15, 0.2) is 0 Å². The van der Waals surface area contributed by atoms with Gasteiger partial charge in [-0.05, 0) is 37.3 Å². The van der Waals surface area contributed by atoms with Crippen LogP contribution in [-0.4, -0.2) is 21.0 Å². The second kappa shape index (κ2) is 6.81. The largest absolute Gasteiger partial charge is 0.462 e. The van der Waals surface area contributed by atoms with E-state index in [9.17, 15) is 13.2 Å². The first kappa shape index (κ1) is 16.3. The predicted octanol–water partition coefficient (Wildman–Crippen LogP) is 3.32. The van der Waals surface area contributed by atoms with Crippen LogP contribution in [0.25, 0.3) is 0 Å². The zero-order valence-corrected chi connectivity index (χ0v) is 13.3. The summed E-state index contributed by atoms with van der Waals surface area (Å²) in [6, 6.07) is 12.4. The van der Waals surface area contributed by atoms with Crippen molar-refractivity contribution in [3.05, 3.63) is 59.1 Å². The Morgan fingerprint density at radius 2 is 1.86 bits per heavy atom. The number of sulfonamides is 1. The molecule has 0 saturated heterocycles. The number of hydrogen-bond acceptors (Lipinski definition) is 4. The van der Waals surface area contributed by atoms with Crippen LogP contribution < -0.4 is 4.72 Å². The lowest BCUT2D eigenvalue weighted by Crippen LogP contribution is -2.15. The lowest BCUT2D eigenvalue weighted by atomic mass is 10.2. The standard InChI is InChI=1S/C15H14ClNO4S/c1-2-21-15(18)11-8-9-13(16)14(10-11)22(19,20)17-12-6-4-3-5-7-12/h3-10,17H,2H2,1H3. The zero-order valence-electron chi connectivity index (χ0n) is 11.7. The van der Waals surface area contributed by atoms with Crippen molar-refractivity contribution in [3.8, 4) is 0 Å². The van der Waals surface area contributed by atoms with Gasteiger partial charge in [0, 0.05) is 5.69 Å². The highest BCUT2D eigenvalue weighted by molar-refractivity contribution is 7.92. The number of nitrogens with one attached hydrogen (secondary N) is 1. The summed E-state index contributed by atoms with van der Waals surface area (Å²) >= 11 is 5.96. The van der Waals surface area contributed by atoms with Gasteiger partial charge in [-0.25, -0.2) is 13.2 Å². The lowest BCUT2D eigenvalue weighted by Gasteiger charge is -2.10. The summed E-state index contributed by atoms with van der Waals surface area (Å²) in [7, 11) is -3.90. The normalized spacial score (nSPS) is 11.0. The molecule has 22 heavy (non-hydrogen) atoms. The maximum Gasteiger partial charge on any atom is 0.338 e. The van der Waals surface area contributed by atoms with Crippen molar-refractivity contribution in [3.63, 3.8) is 0 Å². The van der Waals surface area contributed by atoms with E-state index in [0.29, 0.717) is 5.69 Å². The van der Waals surface area contributed by atoms with Crippen LogP contribution in [0.2, 0.25) is 5.02 Å². The van der Waals surface area contributed by atoms with Gasteiger partial charge in [-0.1, -0.05) is 29.8 Å². The fourth-order valence-corrected chi connectivity index (χ4v) is 3.35. The smallest absolute Gasteiger partial charge is 0.338 e. The number of para-hydroxylation sites is 1. The van der Waals surface area contributed by atoms with Crippen LogP contribution in [0.3, 0.4) is 0 Å². The van der Waals surface area contributed by atoms with Gasteiger partial charge in [-0.15, -0.1) is 0 Å². The molecular weight excluding hydrogens is 326 g/mol. The van der Waals surface area contributed by atoms with Crippen LogP contribution in [0.5, 0.6) is 0 Å². The lowest BCUT2D eigenvalue weighted by molar-refractivity contribution is 0.0526. The molecule has 0 atom stereocenters. The number of carbonyl (C=O) groups is 1. The monoisotopic (exact) mass is 339 g/mol. The Morgan fingerprint density at radius 1 is 1.18 bits per heavy atom. The van der Waals surface area contributed by atoms with Crippen molar-refractivity contribution in [2.75, 3.05) is 11.3 Å². The maximum atomic E-state index is 12.4. The quantitative estimate of drug-likeness (QED) is 0.848. The molecule has 0 aliphatic rings. The molecule has 116 valence electrons. The maximum absolute atomic E-state index is 12.4. The average molecular weight is 340 g/mol. The predicted molar refractivity (Wildman–Crippen MR) is 84.7 cm³/mol. The van der Waals surface area contributed by atoms with Gasteiger partial charge < -0.3 is 4.74 Å². The average Bonchev–Trinajstić information content (AvgIpc) is 2.48. The van der Waals surface area contributed by atoms with Gasteiger partial charge in [0.2, 0.25) is 0 Å². The van der Waals surface area contributed by atoms with E-state index in [1.165, 1.54) is 18.2 Å². The molecule has 0 aliphatic carbocycles. The molecular formula is C15H14ClNO4S. The molecule has 1 N–H and O–H groups in total. The van der Waals surface area contributed by atoms with Crippen LogP contribution in [0.1, 0.15) is 17.3 Å². The number of rotatable bonds is 5. The molecule has 0 aromatic heterocycles. The van der Waals surface area contributed by atoms with Gasteiger partial charge in [-0.2, -0.15) is 0 Å². The number of anilines is 1. The van der Waals surface area contributed by atoms with Crippen molar-refractivity contribution in [2.45, 2.75) is 11.8 Å². The molecule has 0 fully saturated rings. The molecule has 0 unspecified atom stereocenters. The van der Waals surface area contributed by atoms with E-state index in [2.05, 4.69) is 4.72 Å². The molecule has 2 rings (SSSR count). The van der Waals surface area contributed by atoms with Crippen molar-refractivity contribution in [1.82, 2.24) is 0 Å². The van der Waals surface area contributed by atoms with Gasteiger partial charge >= 0.3 is 5.97 Å². The van der Waals surface area contributed by atoms with Crippen LogP contribution in [0.15, 0.2) is 53.4 Å². The second-order valence-electron chi connectivity index (χ2n) is 4.34. The molecule has 0 spiro atoms. The highest BCUT2D eigenvalue weighted by atomic mass is 35.5. The van der Waals surface area contributed by atoms with Gasteiger partial charge in [0.25, 0.3) is 10.0 Å². The van der Waals surface area contributed by atoms with Crippen molar-refractivity contribution in [2.24, 2.45) is 0 Å². The molecule has 0 bridgehead atoms. The third-order valence-electron chi connectivity index (χ3n) is 2.76. The first-order valence-corrected chi connectivity index (χ1v) is 8.34. The van der Waals surface area contributed by atoms with Gasteiger partial charge in [0.1, 0.15) is 4.90 Å². The summed E-state index contributed by atoms with van der Waals surface area (Å²) in [6.45, 7) is 1.87.